The van der Waals surface area contributed by atoms with E-state index >= 15 is 0 Å². The lowest BCUT2D eigenvalue weighted by atomic mass is 10.0. The topological polar surface area (TPSA) is 64.3 Å². The Morgan fingerprint density at radius 3 is 2.70 bits per heavy atom. The fourth-order valence-corrected chi connectivity index (χ4v) is 2.08. The molecule has 1 rings (SSSR count). The average molecular weight is 299 g/mol. The highest BCUT2D eigenvalue weighted by Gasteiger charge is 2.15. The molecule has 0 saturated heterocycles. The zero-order chi connectivity index (χ0) is 15.1. The van der Waals surface area contributed by atoms with Crippen molar-refractivity contribution in [2.24, 2.45) is 11.7 Å². The van der Waals surface area contributed by atoms with Gasteiger partial charge in [-0.25, -0.2) is 0 Å². The Morgan fingerprint density at radius 2 is 2.10 bits per heavy atom. The lowest BCUT2D eigenvalue weighted by molar-refractivity contribution is -0.119. The molecule has 1 aromatic rings. The molecule has 0 aliphatic heterocycles. The number of benzene rings is 1. The third kappa shape index (κ3) is 5.39. The number of anilines is 1. The Kier molecular flexibility index (Phi) is 6.82. The second-order valence-electron chi connectivity index (χ2n) is 5.14. The maximum atomic E-state index is 12.1. The first kappa shape index (κ1) is 16.8. The van der Waals surface area contributed by atoms with Gasteiger partial charge >= 0.3 is 0 Å². The van der Waals surface area contributed by atoms with Crippen LogP contribution in [0.1, 0.15) is 33.1 Å². The van der Waals surface area contributed by atoms with Crippen LogP contribution in [0.5, 0.6) is 5.75 Å². The van der Waals surface area contributed by atoms with Gasteiger partial charge in [0.1, 0.15) is 5.75 Å². The minimum Gasteiger partial charge on any atom is -0.495 e. The standard InChI is InChI=1S/C15H23ClN2O2/c1-10(5-4-6-11(2)17)15(19)18-13-9-12(16)7-8-14(13)20-3/h7-11H,4-6,17H2,1-3H3,(H,18,19). The molecular formula is C15H23ClN2O2. The summed E-state index contributed by atoms with van der Waals surface area (Å²) in [6, 6.07) is 5.33. The van der Waals surface area contributed by atoms with E-state index in [1.54, 1.807) is 25.3 Å². The largest absolute Gasteiger partial charge is 0.495 e. The minimum absolute atomic E-state index is 0.0322. The molecule has 0 spiro atoms. The lowest BCUT2D eigenvalue weighted by Gasteiger charge is -2.15. The number of rotatable bonds is 7. The van der Waals surface area contributed by atoms with Crippen LogP contribution in [0.3, 0.4) is 0 Å². The Morgan fingerprint density at radius 1 is 1.40 bits per heavy atom. The van der Waals surface area contributed by atoms with Crippen molar-refractivity contribution in [1.29, 1.82) is 0 Å². The first-order valence-corrected chi connectivity index (χ1v) is 7.21. The summed E-state index contributed by atoms with van der Waals surface area (Å²) in [5, 5.41) is 3.42. The first-order chi connectivity index (χ1) is 9.43. The molecule has 112 valence electrons. The number of nitrogens with one attached hydrogen (secondary N) is 1. The third-order valence-electron chi connectivity index (χ3n) is 3.16. The molecule has 20 heavy (non-hydrogen) atoms. The van der Waals surface area contributed by atoms with Crippen molar-refractivity contribution in [3.05, 3.63) is 23.2 Å². The molecular weight excluding hydrogens is 276 g/mol. The van der Waals surface area contributed by atoms with E-state index in [4.69, 9.17) is 22.1 Å². The summed E-state index contributed by atoms with van der Waals surface area (Å²) < 4.78 is 5.20. The molecule has 2 atom stereocenters. The molecule has 2 unspecified atom stereocenters. The summed E-state index contributed by atoms with van der Waals surface area (Å²) >= 11 is 5.93. The van der Waals surface area contributed by atoms with Crippen molar-refractivity contribution < 1.29 is 9.53 Å². The van der Waals surface area contributed by atoms with E-state index in [-0.39, 0.29) is 17.9 Å². The average Bonchev–Trinajstić information content (AvgIpc) is 2.38. The van der Waals surface area contributed by atoms with E-state index in [0.717, 1.165) is 19.3 Å². The molecule has 0 radical (unpaired) electrons. The van der Waals surface area contributed by atoms with Gasteiger partial charge in [0.25, 0.3) is 0 Å². The van der Waals surface area contributed by atoms with E-state index in [9.17, 15) is 4.79 Å². The summed E-state index contributed by atoms with van der Waals surface area (Å²) in [7, 11) is 1.56. The van der Waals surface area contributed by atoms with E-state index in [1.165, 1.54) is 0 Å². The first-order valence-electron chi connectivity index (χ1n) is 6.84. The highest BCUT2D eigenvalue weighted by molar-refractivity contribution is 6.31. The Bertz CT molecular complexity index is 449. The van der Waals surface area contributed by atoms with Crippen LogP contribution in [0, 0.1) is 5.92 Å². The molecule has 0 heterocycles. The van der Waals surface area contributed by atoms with Gasteiger partial charge in [0.15, 0.2) is 0 Å². The van der Waals surface area contributed by atoms with Gasteiger partial charge in [-0.05, 0) is 38.0 Å². The van der Waals surface area contributed by atoms with Crippen LogP contribution >= 0.6 is 11.6 Å². The number of nitrogens with two attached hydrogens (primary N) is 1. The summed E-state index contributed by atoms with van der Waals surface area (Å²) in [4.78, 5) is 12.1. The molecule has 0 aliphatic rings. The fraction of sp³-hybridized carbons (Fsp3) is 0.533. The van der Waals surface area contributed by atoms with Crippen LogP contribution in [0.4, 0.5) is 5.69 Å². The van der Waals surface area contributed by atoms with Crippen molar-refractivity contribution >= 4 is 23.2 Å². The van der Waals surface area contributed by atoms with Gasteiger partial charge < -0.3 is 15.8 Å². The van der Waals surface area contributed by atoms with Crippen LogP contribution in [-0.4, -0.2) is 19.1 Å². The molecule has 0 aromatic heterocycles. The third-order valence-corrected chi connectivity index (χ3v) is 3.40. The summed E-state index contributed by atoms with van der Waals surface area (Å²) in [5.41, 5.74) is 6.30. The SMILES string of the molecule is COc1ccc(Cl)cc1NC(=O)C(C)CCCC(C)N. The number of carbonyl (C=O) groups excluding carboxylic acids is 1. The molecule has 0 saturated carbocycles. The van der Waals surface area contributed by atoms with Crippen LogP contribution in [0.2, 0.25) is 5.02 Å². The van der Waals surface area contributed by atoms with E-state index in [1.807, 2.05) is 13.8 Å². The predicted octanol–water partition coefficient (Wildman–Crippen LogP) is 3.44. The van der Waals surface area contributed by atoms with Gasteiger partial charge in [-0.15, -0.1) is 0 Å². The van der Waals surface area contributed by atoms with Crippen molar-refractivity contribution in [2.45, 2.75) is 39.2 Å². The molecule has 1 amide bonds. The second-order valence-corrected chi connectivity index (χ2v) is 5.58. The van der Waals surface area contributed by atoms with Crippen molar-refractivity contribution in [3.63, 3.8) is 0 Å². The van der Waals surface area contributed by atoms with Crippen LogP contribution in [0.25, 0.3) is 0 Å². The summed E-state index contributed by atoms with van der Waals surface area (Å²) in [6.45, 7) is 3.88. The lowest BCUT2D eigenvalue weighted by Crippen LogP contribution is -2.21. The molecule has 0 fully saturated rings. The summed E-state index contributed by atoms with van der Waals surface area (Å²) in [5.74, 6) is 0.498. The van der Waals surface area contributed by atoms with E-state index in [0.29, 0.717) is 16.5 Å². The number of hydrogen-bond acceptors (Lipinski definition) is 3. The highest BCUT2D eigenvalue weighted by Crippen LogP contribution is 2.28. The van der Waals surface area contributed by atoms with E-state index in [2.05, 4.69) is 5.32 Å². The number of hydrogen-bond donors (Lipinski definition) is 2. The molecule has 0 aliphatic carbocycles. The fourth-order valence-electron chi connectivity index (χ4n) is 1.91. The minimum atomic E-state index is -0.0718. The quantitative estimate of drug-likeness (QED) is 0.810. The van der Waals surface area contributed by atoms with Gasteiger partial charge in [0.2, 0.25) is 5.91 Å². The molecule has 4 nitrogen and oxygen atoms in total. The molecule has 5 heteroatoms. The highest BCUT2D eigenvalue weighted by atomic mass is 35.5. The number of ether oxygens (including phenoxy) is 1. The molecule has 0 bridgehead atoms. The van der Waals surface area contributed by atoms with Gasteiger partial charge in [-0.3, -0.25) is 4.79 Å². The van der Waals surface area contributed by atoms with Crippen molar-refractivity contribution in [2.75, 3.05) is 12.4 Å². The van der Waals surface area contributed by atoms with Crippen LogP contribution in [-0.2, 0) is 4.79 Å². The number of methoxy groups -OCH3 is 1. The molecule has 1 aromatic carbocycles. The van der Waals surface area contributed by atoms with Crippen molar-refractivity contribution in [3.8, 4) is 5.75 Å². The zero-order valence-electron chi connectivity index (χ0n) is 12.3. The number of halogens is 1. The maximum Gasteiger partial charge on any atom is 0.227 e. The monoisotopic (exact) mass is 298 g/mol. The van der Waals surface area contributed by atoms with Gasteiger partial charge in [-0.1, -0.05) is 24.9 Å². The molecule has 3 N–H and O–H groups in total. The second kappa shape index (κ2) is 8.12. The maximum absolute atomic E-state index is 12.1. The number of amides is 1. The zero-order valence-corrected chi connectivity index (χ0v) is 13.0. The van der Waals surface area contributed by atoms with Crippen molar-refractivity contribution in [1.82, 2.24) is 0 Å². The Hall–Kier alpha value is -1.26. The Balaban J connectivity index is 2.59. The Labute approximate surface area is 125 Å². The van der Waals surface area contributed by atoms with Crippen LogP contribution in [0.15, 0.2) is 18.2 Å². The summed E-state index contributed by atoms with van der Waals surface area (Å²) in [6.07, 6.45) is 2.69. The number of carbonyl (C=O) groups is 1. The van der Waals surface area contributed by atoms with Crippen LogP contribution < -0.4 is 15.8 Å². The van der Waals surface area contributed by atoms with Gasteiger partial charge in [0, 0.05) is 17.0 Å². The smallest absolute Gasteiger partial charge is 0.227 e. The van der Waals surface area contributed by atoms with Gasteiger partial charge in [0.05, 0.1) is 12.8 Å². The van der Waals surface area contributed by atoms with Gasteiger partial charge in [-0.2, -0.15) is 0 Å². The van der Waals surface area contributed by atoms with E-state index < -0.39 is 0 Å². The normalized spacial score (nSPS) is 13.7. The predicted molar refractivity (Wildman–Crippen MR) is 83.3 cm³/mol.